The van der Waals surface area contributed by atoms with Gasteiger partial charge >= 0.3 is 0 Å². The first-order chi connectivity index (χ1) is 18.9. The first-order valence-electron chi connectivity index (χ1n) is 12.6. The van der Waals surface area contributed by atoms with Crippen molar-refractivity contribution in [3.63, 3.8) is 0 Å². The number of carbonyl (C=O) groups excluding carboxylic acids is 1. The highest BCUT2D eigenvalue weighted by Gasteiger charge is 2.42. The fourth-order valence-electron chi connectivity index (χ4n) is 4.52. The molecule has 1 heterocycles. The fraction of sp³-hybridized carbons (Fsp3) is 0.370. The summed E-state index contributed by atoms with van der Waals surface area (Å²) < 4.78 is 45.2. The summed E-state index contributed by atoms with van der Waals surface area (Å²) in [5.74, 6) is -2.75. The van der Waals surface area contributed by atoms with E-state index < -0.39 is 19.1 Å². The van der Waals surface area contributed by atoms with Gasteiger partial charge in [0.1, 0.15) is 11.1 Å². The molecule has 40 heavy (non-hydrogen) atoms. The molecule has 214 valence electrons. The summed E-state index contributed by atoms with van der Waals surface area (Å²) in [5.41, 5.74) is 1.28. The summed E-state index contributed by atoms with van der Waals surface area (Å²) in [6.07, 6.45) is 0.126. The Balaban J connectivity index is 2.19. The molecule has 0 radical (unpaired) electrons. The number of aromatic nitrogens is 2. The van der Waals surface area contributed by atoms with Crippen molar-refractivity contribution in [1.82, 2.24) is 14.5 Å². The van der Waals surface area contributed by atoms with E-state index in [0.717, 1.165) is 4.47 Å². The van der Waals surface area contributed by atoms with Crippen molar-refractivity contribution in [3.05, 3.63) is 64.3 Å². The van der Waals surface area contributed by atoms with E-state index in [1.165, 1.54) is 16.8 Å². The normalized spacial score (nSPS) is 13.1. The van der Waals surface area contributed by atoms with Crippen LogP contribution in [0, 0.1) is 18.3 Å². The van der Waals surface area contributed by atoms with E-state index in [1.54, 1.807) is 43.3 Å². The third kappa shape index (κ3) is 7.52. The summed E-state index contributed by atoms with van der Waals surface area (Å²) >= 11 is 3.80. The summed E-state index contributed by atoms with van der Waals surface area (Å²) in [6.45, 7) is 9.58. The third-order valence-corrected chi connectivity index (χ3v) is 10.4. The highest BCUT2D eigenvalue weighted by molar-refractivity contribution is 9.10. The lowest BCUT2D eigenvalue weighted by Gasteiger charge is -2.38. The molecule has 0 aliphatic heterocycles. The van der Waals surface area contributed by atoms with Gasteiger partial charge in [-0.3, -0.25) is 9.36 Å². The highest BCUT2D eigenvalue weighted by atomic mass is 79.9. The average Bonchev–Trinajstić information content (AvgIpc) is 3.18. The molecule has 3 rings (SSSR count). The van der Waals surface area contributed by atoms with Crippen molar-refractivity contribution in [3.8, 4) is 6.07 Å². The maximum Gasteiger partial charge on any atom is 0.288 e. The first kappa shape index (κ1) is 31.8. The average molecular weight is 654 g/mol. The molecule has 0 aliphatic carbocycles. The first-order valence-corrected chi connectivity index (χ1v) is 15.9. The molecule has 0 saturated heterocycles. The van der Waals surface area contributed by atoms with Crippen LogP contribution in [0.15, 0.2) is 57.9 Å². The summed E-state index contributed by atoms with van der Waals surface area (Å²) in [5, 5.41) is 20.2. The second-order valence-corrected chi connectivity index (χ2v) is 13.8. The maximum absolute atomic E-state index is 15.3. The minimum atomic E-state index is -3.76. The Labute approximate surface area is 246 Å². The Morgan fingerprint density at radius 2 is 1.73 bits per heavy atom. The molecule has 0 aliphatic rings. The number of benzene rings is 2. The summed E-state index contributed by atoms with van der Waals surface area (Å²) in [4.78, 5) is 13.7. The topological polar surface area (TPSA) is 103 Å². The molecule has 1 amide bonds. The molecule has 3 aromatic rings. The number of anilines is 2. The second kappa shape index (κ2) is 13.8. The Bertz CT molecular complexity index is 1400. The molecule has 0 bridgehead atoms. The van der Waals surface area contributed by atoms with Crippen LogP contribution in [0.2, 0.25) is 0 Å². The van der Waals surface area contributed by atoms with Gasteiger partial charge in [-0.2, -0.15) is 19.1 Å². The zero-order valence-electron chi connectivity index (χ0n) is 22.9. The number of nitrogens with one attached hydrogen (secondary N) is 2. The van der Waals surface area contributed by atoms with Gasteiger partial charge in [0.05, 0.1) is 24.7 Å². The van der Waals surface area contributed by atoms with Gasteiger partial charge in [-0.1, -0.05) is 27.7 Å². The highest BCUT2D eigenvalue weighted by Crippen LogP contribution is 2.53. The summed E-state index contributed by atoms with van der Waals surface area (Å²) in [7, 11) is -3.76. The minimum absolute atomic E-state index is 0.126. The molecule has 2 N–H and O–H groups in total. The van der Waals surface area contributed by atoms with Gasteiger partial charge in [-0.25, -0.2) is 9.35 Å². The van der Waals surface area contributed by atoms with Crippen LogP contribution >= 0.6 is 35.1 Å². The molecule has 1 atom stereocenters. The van der Waals surface area contributed by atoms with Gasteiger partial charge in [0.15, 0.2) is 0 Å². The lowest BCUT2D eigenvalue weighted by molar-refractivity contribution is 0.102. The van der Waals surface area contributed by atoms with Crippen LogP contribution < -0.4 is 15.7 Å². The molecule has 8 nitrogen and oxygen atoms in total. The van der Waals surface area contributed by atoms with Crippen molar-refractivity contribution >= 4 is 57.9 Å². The van der Waals surface area contributed by atoms with E-state index in [4.69, 9.17) is 0 Å². The zero-order valence-corrected chi connectivity index (χ0v) is 26.2. The molecule has 0 fully saturated rings. The SMILES string of the molecule is Cc1nn(CCC#N)c(NC(=O)c2ccc(Br)cc2)c1[P@](=O)(Nc1ccc(SC(F)F)cc1)N(C(C)C)C(C)C. The standard InChI is InChI=1S/C27H32BrF2N6O2PS/c1-17(2)36(18(3)4)39(38,34-22-11-13-23(14-12-22)40-27(29)30)24-19(5)33-35(16-6-15-31)25(24)32-26(37)20-7-9-21(28)10-8-20/h7-14,17-18,27H,6,16H2,1-5H3,(H,32,37)(H,34,38)/t39-/m0/s1. The maximum atomic E-state index is 15.3. The Kier molecular flexibility index (Phi) is 11.0. The van der Waals surface area contributed by atoms with Crippen LogP contribution in [0.1, 0.15) is 50.2 Å². The van der Waals surface area contributed by atoms with Crippen molar-refractivity contribution in [1.29, 1.82) is 5.26 Å². The van der Waals surface area contributed by atoms with Crippen LogP contribution in [0.5, 0.6) is 0 Å². The number of halogens is 3. The van der Waals surface area contributed by atoms with Gasteiger partial charge in [0, 0.05) is 32.7 Å². The Morgan fingerprint density at radius 1 is 1.12 bits per heavy atom. The van der Waals surface area contributed by atoms with Crippen molar-refractivity contribution in [2.75, 3.05) is 10.4 Å². The predicted molar refractivity (Wildman–Crippen MR) is 161 cm³/mol. The smallest absolute Gasteiger partial charge is 0.288 e. The van der Waals surface area contributed by atoms with Crippen molar-refractivity contribution in [2.45, 2.75) is 70.3 Å². The summed E-state index contributed by atoms with van der Waals surface area (Å²) in [6, 6.07) is 14.8. The van der Waals surface area contributed by atoms with Gasteiger partial charge in [-0.15, -0.1) is 0 Å². The van der Waals surface area contributed by atoms with Crippen LogP contribution in [0.3, 0.4) is 0 Å². The number of amides is 1. The molecular formula is C27H32BrF2N6O2PS. The molecule has 0 spiro atoms. The van der Waals surface area contributed by atoms with Crippen LogP contribution in [0.4, 0.5) is 20.3 Å². The van der Waals surface area contributed by atoms with E-state index in [1.807, 2.05) is 32.4 Å². The van der Waals surface area contributed by atoms with Crippen LogP contribution in [0.25, 0.3) is 0 Å². The zero-order chi connectivity index (χ0) is 29.6. The lowest BCUT2D eigenvalue weighted by Crippen LogP contribution is -2.41. The molecule has 0 saturated carbocycles. The number of hydrogen-bond donors (Lipinski definition) is 2. The molecular weight excluding hydrogens is 621 g/mol. The van der Waals surface area contributed by atoms with Crippen LogP contribution in [-0.4, -0.2) is 38.2 Å². The number of thioether (sulfide) groups is 1. The number of nitrogens with zero attached hydrogens (tertiary/aromatic N) is 4. The van der Waals surface area contributed by atoms with E-state index in [9.17, 15) is 18.8 Å². The molecule has 0 unspecified atom stereocenters. The third-order valence-electron chi connectivity index (χ3n) is 5.92. The minimum Gasteiger partial charge on any atom is -0.321 e. The van der Waals surface area contributed by atoms with E-state index in [2.05, 4.69) is 37.5 Å². The quantitative estimate of drug-likeness (QED) is 0.154. The second-order valence-electron chi connectivity index (χ2n) is 9.53. The molecule has 13 heteroatoms. The Hall–Kier alpha value is -2.71. The van der Waals surface area contributed by atoms with E-state index in [-0.39, 0.29) is 30.9 Å². The van der Waals surface area contributed by atoms with E-state index in [0.29, 0.717) is 38.9 Å². The predicted octanol–water partition coefficient (Wildman–Crippen LogP) is 7.48. The van der Waals surface area contributed by atoms with Gasteiger partial charge < -0.3 is 10.4 Å². The van der Waals surface area contributed by atoms with Crippen LogP contribution in [-0.2, 0) is 11.1 Å². The van der Waals surface area contributed by atoms with E-state index >= 15 is 4.57 Å². The van der Waals surface area contributed by atoms with Gasteiger partial charge in [0.2, 0.25) is 0 Å². The monoisotopic (exact) mass is 652 g/mol. The van der Waals surface area contributed by atoms with Gasteiger partial charge in [0.25, 0.3) is 19.1 Å². The number of rotatable bonds is 12. The lowest BCUT2D eigenvalue weighted by atomic mass is 10.2. The number of hydrogen-bond acceptors (Lipinski definition) is 5. The van der Waals surface area contributed by atoms with Crippen molar-refractivity contribution < 1.29 is 18.1 Å². The largest absolute Gasteiger partial charge is 0.321 e. The van der Waals surface area contributed by atoms with Crippen molar-refractivity contribution in [2.24, 2.45) is 0 Å². The number of nitriles is 1. The Morgan fingerprint density at radius 3 is 2.25 bits per heavy atom. The number of aryl methyl sites for hydroxylation is 2. The molecule has 2 aromatic carbocycles. The fourth-order valence-corrected chi connectivity index (χ4v) is 8.48. The van der Waals surface area contributed by atoms with Gasteiger partial charge in [-0.05, 0) is 83.1 Å². The number of alkyl halides is 2. The number of carbonyl (C=O) groups is 1. The molecule has 1 aromatic heterocycles.